The summed E-state index contributed by atoms with van der Waals surface area (Å²) in [4.78, 5) is 12.1. The molecule has 1 amide bonds. The standard InChI is InChI=1S/C12H11BrF2N2O2S/c13-6-1-2-8-7(3-6)9(16)10(20-8)11(19)17-4-12(14,15)5-18/h1-3,18H,4-5,16H2,(H,17,19). The summed E-state index contributed by atoms with van der Waals surface area (Å²) < 4.78 is 27.4. The van der Waals surface area contributed by atoms with Gasteiger partial charge in [-0.25, -0.2) is 8.78 Å². The number of fused-ring (bicyclic) bond motifs is 1. The van der Waals surface area contributed by atoms with Gasteiger partial charge >= 0.3 is 0 Å². The summed E-state index contributed by atoms with van der Waals surface area (Å²) in [6.07, 6.45) is 0. The van der Waals surface area contributed by atoms with Gasteiger partial charge in [0.1, 0.15) is 11.5 Å². The van der Waals surface area contributed by atoms with Gasteiger partial charge in [-0.2, -0.15) is 0 Å². The number of carbonyl (C=O) groups excluding carboxylic acids is 1. The molecule has 2 rings (SSSR count). The van der Waals surface area contributed by atoms with Crippen molar-refractivity contribution in [3.8, 4) is 0 Å². The van der Waals surface area contributed by atoms with Crippen molar-refractivity contribution in [2.75, 3.05) is 18.9 Å². The zero-order chi connectivity index (χ0) is 14.9. The van der Waals surface area contributed by atoms with Gasteiger partial charge < -0.3 is 16.2 Å². The van der Waals surface area contributed by atoms with E-state index in [0.29, 0.717) is 5.39 Å². The summed E-state index contributed by atoms with van der Waals surface area (Å²) in [6.45, 7) is -2.25. The fourth-order valence-electron chi connectivity index (χ4n) is 1.60. The average Bonchev–Trinajstić information content (AvgIpc) is 2.74. The van der Waals surface area contributed by atoms with Crippen molar-refractivity contribution in [1.82, 2.24) is 5.32 Å². The van der Waals surface area contributed by atoms with E-state index in [-0.39, 0.29) is 10.6 Å². The summed E-state index contributed by atoms with van der Waals surface area (Å²) >= 11 is 4.43. The Labute approximate surface area is 125 Å². The highest BCUT2D eigenvalue weighted by Crippen LogP contribution is 2.35. The van der Waals surface area contributed by atoms with Crippen LogP contribution in [-0.4, -0.2) is 30.1 Å². The fraction of sp³-hybridized carbons (Fsp3) is 0.250. The maximum atomic E-state index is 12.9. The number of alkyl halides is 2. The minimum absolute atomic E-state index is 0.187. The van der Waals surface area contributed by atoms with Crippen molar-refractivity contribution in [1.29, 1.82) is 0 Å². The highest BCUT2D eigenvalue weighted by atomic mass is 79.9. The number of aliphatic hydroxyl groups excluding tert-OH is 1. The van der Waals surface area contributed by atoms with Crippen molar-refractivity contribution >= 4 is 48.9 Å². The van der Waals surface area contributed by atoms with Crippen LogP contribution in [0.5, 0.6) is 0 Å². The summed E-state index contributed by atoms with van der Waals surface area (Å²) in [5, 5.41) is 11.2. The molecular formula is C12H11BrF2N2O2S. The number of benzene rings is 1. The lowest BCUT2D eigenvalue weighted by Gasteiger charge is -2.13. The van der Waals surface area contributed by atoms with E-state index < -0.39 is 25.0 Å². The lowest BCUT2D eigenvalue weighted by Crippen LogP contribution is -2.38. The third kappa shape index (κ3) is 3.08. The molecular weight excluding hydrogens is 354 g/mol. The molecule has 0 aliphatic carbocycles. The van der Waals surface area contributed by atoms with E-state index in [4.69, 9.17) is 10.8 Å². The van der Waals surface area contributed by atoms with Crippen LogP contribution >= 0.6 is 27.3 Å². The van der Waals surface area contributed by atoms with Gasteiger partial charge in [0.2, 0.25) is 0 Å². The highest BCUT2D eigenvalue weighted by molar-refractivity contribution is 9.10. The molecule has 1 aromatic carbocycles. The van der Waals surface area contributed by atoms with Gasteiger partial charge in [-0.15, -0.1) is 11.3 Å². The normalized spacial score (nSPS) is 11.8. The first-order valence-electron chi connectivity index (χ1n) is 5.58. The lowest BCUT2D eigenvalue weighted by molar-refractivity contribution is -0.0461. The first-order valence-corrected chi connectivity index (χ1v) is 7.19. The van der Waals surface area contributed by atoms with Crippen molar-refractivity contribution < 1.29 is 18.7 Å². The molecule has 0 bridgehead atoms. The van der Waals surface area contributed by atoms with Crippen LogP contribution in [0.2, 0.25) is 0 Å². The number of carbonyl (C=O) groups is 1. The van der Waals surface area contributed by atoms with Gasteiger partial charge in [0.25, 0.3) is 11.8 Å². The minimum Gasteiger partial charge on any atom is -0.397 e. The van der Waals surface area contributed by atoms with E-state index >= 15 is 0 Å². The predicted octanol–water partition coefficient (Wildman–Crippen LogP) is 2.60. The second-order valence-electron chi connectivity index (χ2n) is 4.18. The van der Waals surface area contributed by atoms with Gasteiger partial charge in [0, 0.05) is 14.6 Å². The molecule has 20 heavy (non-hydrogen) atoms. The van der Waals surface area contributed by atoms with Crippen LogP contribution in [0.4, 0.5) is 14.5 Å². The van der Waals surface area contributed by atoms with Crippen LogP contribution in [0.1, 0.15) is 9.67 Å². The Balaban J connectivity index is 2.25. The number of nitrogen functional groups attached to an aromatic ring is 1. The van der Waals surface area contributed by atoms with Gasteiger partial charge in [-0.1, -0.05) is 15.9 Å². The molecule has 0 fully saturated rings. The Kier molecular flexibility index (Phi) is 4.26. The van der Waals surface area contributed by atoms with E-state index in [9.17, 15) is 13.6 Å². The Morgan fingerprint density at radius 1 is 1.50 bits per heavy atom. The van der Waals surface area contributed by atoms with Gasteiger partial charge in [-0.05, 0) is 18.2 Å². The summed E-state index contributed by atoms with van der Waals surface area (Å²) in [5.74, 6) is -4.02. The van der Waals surface area contributed by atoms with E-state index in [1.54, 1.807) is 18.2 Å². The maximum Gasteiger partial charge on any atom is 0.287 e. The Hall–Kier alpha value is -1.25. The summed E-state index contributed by atoms with van der Waals surface area (Å²) in [7, 11) is 0. The number of nitrogens with one attached hydrogen (secondary N) is 1. The van der Waals surface area contributed by atoms with E-state index in [0.717, 1.165) is 20.5 Å². The van der Waals surface area contributed by atoms with E-state index in [1.165, 1.54) is 0 Å². The highest BCUT2D eigenvalue weighted by Gasteiger charge is 2.29. The molecule has 0 aliphatic rings. The second kappa shape index (κ2) is 5.63. The number of hydrogen-bond donors (Lipinski definition) is 3. The maximum absolute atomic E-state index is 12.9. The van der Waals surface area contributed by atoms with Crippen LogP contribution in [0.3, 0.4) is 0 Å². The van der Waals surface area contributed by atoms with Crippen molar-refractivity contribution in [3.05, 3.63) is 27.5 Å². The molecule has 0 saturated heterocycles. The zero-order valence-corrected chi connectivity index (χ0v) is 12.5. The molecule has 0 radical (unpaired) electrons. The molecule has 0 saturated carbocycles. The molecule has 0 atom stereocenters. The quantitative estimate of drug-likeness (QED) is 0.780. The topological polar surface area (TPSA) is 75.4 Å². The first-order chi connectivity index (χ1) is 9.34. The molecule has 1 aromatic heterocycles. The number of rotatable bonds is 4. The average molecular weight is 365 g/mol. The molecule has 8 heteroatoms. The van der Waals surface area contributed by atoms with Crippen molar-refractivity contribution in [2.45, 2.75) is 5.92 Å². The monoisotopic (exact) mass is 364 g/mol. The molecule has 2 aromatic rings. The smallest absolute Gasteiger partial charge is 0.287 e. The minimum atomic E-state index is -3.34. The molecule has 0 unspecified atom stereocenters. The SMILES string of the molecule is Nc1c(C(=O)NCC(F)(F)CO)sc2ccc(Br)cc12. The van der Waals surface area contributed by atoms with Crippen LogP contribution in [0, 0.1) is 0 Å². The van der Waals surface area contributed by atoms with E-state index in [2.05, 4.69) is 21.2 Å². The third-order valence-electron chi connectivity index (χ3n) is 2.63. The van der Waals surface area contributed by atoms with Crippen molar-refractivity contribution in [3.63, 3.8) is 0 Å². The number of hydrogen-bond acceptors (Lipinski definition) is 4. The molecule has 4 N–H and O–H groups in total. The van der Waals surface area contributed by atoms with Gasteiger partial charge in [-0.3, -0.25) is 4.79 Å². The van der Waals surface area contributed by atoms with Gasteiger partial charge in [0.05, 0.1) is 12.2 Å². The number of nitrogens with two attached hydrogens (primary N) is 1. The van der Waals surface area contributed by atoms with E-state index in [1.807, 2.05) is 0 Å². The molecule has 1 heterocycles. The van der Waals surface area contributed by atoms with Crippen LogP contribution in [0.15, 0.2) is 22.7 Å². The zero-order valence-electron chi connectivity index (χ0n) is 10.1. The van der Waals surface area contributed by atoms with Crippen LogP contribution < -0.4 is 11.1 Å². The second-order valence-corrected chi connectivity index (χ2v) is 6.15. The summed E-state index contributed by atoms with van der Waals surface area (Å²) in [5.41, 5.74) is 6.13. The molecule has 108 valence electrons. The lowest BCUT2D eigenvalue weighted by atomic mass is 10.2. The third-order valence-corrected chi connectivity index (χ3v) is 4.31. The van der Waals surface area contributed by atoms with Crippen LogP contribution in [-0.2, 0) is 0 Å². The number of thiophene rings is 1. The summed E-state index contributed by atoms with van der Waals surface area (Å²) in [6, 6.07) is 5.36. The van der Waals surface area contributed by atoms with Crippen LogP contribution in [0.25, 0.3) is 10.1 Å². The molecule has 4 nitrogen and oxygen atoms in total. The number of aliphatic hydroxyl groups is 1. The Morgan fingerprint density at radius 3 is 2.85 bits per heavy atom. The molecule has 0 spiro atoms. The van der Waals surface area contributed by atoms with Crippen molar-refractivity contribution in [2.24, 2.45) is 0 Å². The first kappa shape index (κ1) is 15.1. The number of halogens is 3. The largest absolute Gasteiger partial charge is 0.397 e. The predicted molar refractivity (Wildman–Crippen MR) is 78.3 cm³/mol. The number of anilines is 1. The number of amides is 1. The van der Waals surface area contributed by atoms with Gasteiger partial charge in [0.15, 0.2) is 0 Å². The Morgan fingerprint density at radius 2 is 2.20 bits per heavy atom. The molecule has 0 aliphatic heterocycles. The fourth-order valence-corrected chi connectivity index (χ4v) is 2.98. The Bertz CT molecular complexity index is 660.